The molecule has 1 aliphatic heterocycles. The molecule has 1 fully saturated rings. The third kappa shape index (κ3) is 4.95. The number of para-hydroxylation sites is 1. The van der Waals surface area contributed by atoms with Crippen molar-refractivity contribution in [2.24, 2.45) is 11.0 Å². The van der Waals surface area contributed by atoms with Gasteiger partial charge in [-0.05, 0) is 31.4 Å². The summed E-state index contributed by atoms with van der Waals surface area (Å²) < 4.78 is 27.9. The average molecular weight is 340 g/mol. The van der Waals surface area contributed by atoms with Crippen molar-refractivity contribution >= 4 is 22.0 Å². The summed E-state index contributed by atoms with van der Waals surface area (Å²) in [6.45, 7) is 2.23. The van der Waals surface area contributed by atoms with E-state index in [9.17, 15) is 18.3 Å². The molecule has 0 aromatic heterocycles. The quantitative estimate of drug-likeness (QED) is 0.595. The Balaban J connectivity index is 1.89. The molecule has 0 aliphatic carbocycles. The third-order valence-electron chi connectivity index (χ3n) is 3.52. The number of amides is 1. The van der Waals surface area contributed by atoms with Gasteiger partial charge >= 0.3 is 0 Å². The molecular formula is C15H20N2O5S. The highest BCUT2D eigenvalue weighted by Crippen LogP contribution is 2.28. The lowest BCUT2D eigenvalue weighted by atomic mass is 10.1. The first kappa shape index (κ1) is 17.3. The number of hydrazone groups is 1. The van der Waals surface area contributed by atoms with Gasteiger partial charge in [0.15, 0.2) is 21.3 Å². The van der Waals surface area contributed by atoms with Gasteiger partial charge in [0.05, 0.1) is 24.3 Å². The zero-order valence-corrected chi connectivity index (χ0v) is 13.7. The van der Waals surface area contributed by atoms with E-state index in [2.05, 4.69) is 10.5 Å². The van der Waals surface area contributed by atoms with Crippen molar-refractivity contribution < 1.29 is 23.1 Å². The zero-order valence-electron chi connectivity index (χ0n) is 12.9. The lowest BCUT2D eigenvalue weighted by Gasteiger charge is -2.07. The molecule has 0 bridgehead atoms. The molecule has 1 atom stereocenters. The molecule has 7 nitrogen and oxygen atoms in total. The second kappa shape index (κ2) is 7.45. The van der Waals surface area contributed by atoms with E-state index in [1.807, 2.05) is 6.92 Å². The second-order valence-electron chi connectivity index (χ2n) is 5.39. The van der Waals surface area contributed by atoms with Gasteiger partial charge in [0.2, 0.25) is 5.91 Å². The number of carbonyl (C=O) groups is 1. The molecule has 8 heteroatoms. The van der Waals surface area contributed by atoms with E-state index in [0.29, 0.717) is 24.3 Å². The van der Waals surface area contributed by atoms with Gasteiger partial charge in [0, 0.05) is 12.0 Å². The largest absolute Gasteiger partial charge is 0.504 e. The van der Waals surface area contributed by atoms with Crippen molar-refractivity contribution in [2.45, 2.75) is 19.8 Å². The number of hydrogen-bond acceptors (Lipinski definition) is 6. The highest BCUT2D eigenvalue weighted by molar-refractivity contribution is 7.91. The number of nitrogens with zero attached hydrogens (tertiary/aromatic N) is 1. The first-order chi connectivity index (χ1) is 10.9. The summed E-state index contributed by atoms with van der Waals surface area (Å²) in [5.74, 6) is 0.00930. The van der Waals surface area contributed by atoms with Crippen molar-refractivity contribution in [2.75, 3.05) is 18.1 Å². The lowest BCUT2D eigenvalue weighted by molar-refractivity contribution is -0.121. The second-order valence-corrected chi connectivity index (χ2v) is 7.62. The summed E-state index contributed by atoms with van der Waals surface area (Å²) in [7, 11) is -2.99. The van der Waals surface area contributed by atoms with Gasteiger partial charge < -0.3 is 9.84 Å². The minimum Gasteiger partial charge on any atom is -0.504 e. The maximum atomic E-state index is 11.7. The number of aromatic hydroxyl groups is 1. The molecule has 23 heavy (non-hydrogen) atoms. The number of sulfone groups is 1. The predicted molar refractivity (Wildman–Crippen MR) is 86.4 cm³/mol. The number of benzene rings is 1. The molecule has 1 aromatic rings. The van der Waals surface area contributed by atoms with Crippen LogP contribution in [0.3, 0.4) is 0 Å². The average Bonchev–Trinajstić information content (AvgIpc) is 2.82. The Kier molecular flexibility index (Phi) is 5.59. The Morgan fingerprint density at radius 2 is 2.30 bits per heavy atom. The zero-order chi connectivity index (χ0) is 16.9. The lowest BCUT2D eigenvalue weighted by Crippen LogP contribution is -2.21. The van der Waals surface area contributed by atoms with Crippen LogP contribution in [0.5, 0.6) is 11.5 Å². The molecule has 0 spiro atoms. The molecule has 0 saturated carbocycles. The molecule has 126 valence electrons. The van der Waals surface area contributed by atoms with Crippen molar-refractivity contribution in [3.8, 4) is 11.5 Å². The SMILES string of the molecule is CCOc1cccc(/C=N/NC(=O)C[C@H]2CCS(=O)(=O)C2)c1O. The fourth-order valence-electron chi connectivity index (χ4n) is 2.43. The summed E-state index contributed by atoms with van der Waals surface area (Å²) in [5, 5.41) is 13.8. The van der Waals surface area contributed by atoms with E-state index in [0.717, 1.165) is 0 Å². The molecule has 0 unspecified atom stereocenters. The highest BCUT2D eigenvalue weighted by atomic mass is 32.2. The Hall–Kier alpha value is -2.09. The van der Waals surface area contributed by atoms with Crippen LogP contribution in [0.25, 0.3) is 0 Å². The molecule has 1 aliphatic rings. The Morgan fingerprint density at radius 1 is 1.52 bits per heavy atom. The van der Waals surface area contributed by atoms with Gasteiger partial charge in [0.25, 0.3) is 0 Å². The number of hydrogen-bond donors (Lipinski definition) is 2. The molecule has 1 heterocycles. The van der Waals surface area contributed by atoms with Crippen molar-refractivity contribution in [1.29, 1.82) is 0 Å². The van der Waals surface area contributed by atoms with Crippen LogP contribution in [-0.2, 0) is 14.6 Å². The van der Waals surface area contributed by atoms with E-state index in [-0.39, 0.29) is 35.5 Å². The minimum atomic E-state index is -2.99. The van der Waals surface area contributed by atoms with Crippen molar-refractivity contribution in [3.63, 3.8) is 0 Å². The third-order valence-corrected chi connectivity index (χ3v) is 5.36. The van der Waals surface area contributed by atoms with Gasteiger partial charge in [-0.15, -0.1) is 0 Å². The Labute approximate surface area is 135 Å². The number of rotatable bonds is 6. The molecule has 2 rings (SSSR count). The van der Waals surface area contributed by atoms with E-state index in [4.69, 9.17) is 4.74 Å². The summed E-state index contributed by atoms with van der Waals surface area (Å²) in [6, 6.07) is 4.98. The van der Waals surface area contributed by atoms with E-state index >= 15 is 0 Å². The molecule has 0 radical (unpaired) electrons. The van der Waals surface area contributed by atoms with Crippen LogP contribution in [0, 0.1) is 5.92 Å². The fourth-order valence-corrected chi connectivity index (χ4v) is 4.29. The summed E-state index contributed by atoms with van der Waals surface area (Å²) in [6.07, 6.45) is 1.96. The van der Waals surface area contributed by atoms with Gasteiger partial charge in [0.1, 0.15) is 0 Å². The molecule has 2 N–H and O–H groups in total. The molecular weight excluding hydrogens is 320 g/mol. The van der Waals surface area contributed by atoms with Crippen LogP contribution in [0.15, 0.2) is 23.3 Å². The topological polar surface area (TPSA) is 105 Å². The normalized spacial score (nSPS) is 19.8. The Bertz CT molecular complexity index is 700. The maximum Gasteiger partial charge on any atom is 0.240 e. The van der Waals surface area contributed by atoms with Gasteiger partial charge in [-0.3, -0.25) is 4.79 Å². The Morgan fingerprint density at radius 3 is 2.96 bits per heavy atom. The minimum absolute atomic E-state index is 0.0470. The number of phenolic OH excluding ortho intramolecular Hbond substituents is 1. The number of ether oxygens (including phenoxy) is 1. The molecule has 1 saturated heterocycles. The highest BCUT2D eigenvalue weighted by Gasteiger charge is 2.29. The van der Waals surface area contributed by atoms with E-state index in [1.165, 1.54) is 6.21 Å². The summed E-state index contributed by atoms with van der Waals surface area (Å²) in [4.78, 5) is 11.7. The van der Waals surface area contributed by atoms with Gasteiger partial charge in [-0.25, -0.2) is 13.8 Å². The van der Waals surface area contributed by atoms with Crippen LogP contribution in [0.4, 0.5) is 0 Å². The van der Waals surface area contributed by atoms with Gasteiger partial charge in [-0.1, -0.05) is 6.07 Å². The van der Waals surface area contributed by atoms with Gasteiger partial charge in [-0.2, -0.15) is 5.10 Å². The first-order valence-electron chi connectivity index (χ1n) is 7.38. The van der Waals surface area contributed by atoms with Crippen molar-refractivity contribution in [3.05, 3.63) is 23.8 Å². The monoisotopic (exact) mass is 340 g/mol. The van der Waals surface area contributed by atoms with Crippen LogP contribution in [0.2, 0.25) is 0 Å². The number of carbonyl (C=O) groups excluding carboxylic acids is 1. The number of phenols is 1. The number of nitrogens with one attached hydrogen (secondary N) is 1. The van der Waals surface area contributed by atoms with Crippen molar-refractivity contribution in [1.82, 2.24) is 5.43 Å². The van der Waals surface area contributed by atoms with Crippen LogP contribution in [0.1, 0.15) is 25.3 Å². The van der Waals surface area contributed by atoms with E-state index < -0.39 is 9.84 Å². The van der Waals surface area contributed by atoms with Crippen LogP contribution < -0.4 is 10.2 Å². The van der Waals surface area contributed by atoms with E-state index in [1.54, 1.807) is 18.2 Å². The standard InChI is InChI=1S/C15H20N2O5S/c1-2-22-13-5-3-4-12(15(13)19)9-16-17-14(18)8-11-6-7-23(20,21)10-11/h3-5,9,11,19H,2,6-8,10H2,1H3,(H,17,18)/b16-9+/t11-/m1/s1. The molecule has 1 amide bonds. The summed E-state index contributed by atoms with van der Waals surface area (Å²) in [5.41, 5.74) is 2.76. The fraction of sp³-hybridized carbons (Fsp3) is 0.467. The predicted octanol–water partition coefficient (Wildman–Crippen LogP) is 1.07. The maximum absolute atomic E-state index is 11.7. The van der Waals surface area contributed by atoms with Crippen LogP contribution in [-0.4, -0.2) is 43.8 Å². The molecule has 1 aromatic carbocycles. The summed E-state index contributed by atoms with van der Waals surface area (Å²) >= 11 is 0. The first-order valence-corrected chi connectivity index (χ1v) is 9.20. The smallest absolute Gasteiger partial charge is 0.240 e. The van der Waals surface area contributed by atoms with Crippen LogP contribution >= 0.6 is 0 Å².